The highest BCUT2D eigenvalue weighted by Gasteiger charge is 2.31. The van der Waals surface area contributed by atoms with Crippen molar-refractivity contribution in [3.8, 4) is 0 Å². The molecule has 3 rings (SSSR count). The van der Waals surface area contributed by atoms with Gasteiger partial charge in [0.25, 0.3) is 0 Å². The molecule has 0 aliphatic carbocycles. The van der Waals surface area contributed by atoms with Gasteiger partial charge >= 0.3 is 0 Å². The molecule has 0 radical (unpaired) electrons. The molecule has 2 aliphatic heterocycles. The molecule has 5 heteroatoms. The summed E-state index contributed by atoms with van der Waals surface area (Å²) >= 11 is 0. The normalized spacial score (nSPS) is 20.7. The lowest BCUT2D eigenvalue weighted by atomic mass is 9.93. The maximum absolute atomic E-state index is 6.16. The number of hydrogen-bond acceptors (Lipinski definition) is 4. The molecular weight excluding hydrogens is 322 g/mol. The Bertz CT molecular complexity index is 817. The fourth-order valence-corrected chi connectivity index (χ4v) is 3.57. The summed E-state index contributed by atoms with van der Waals surface area (Å²) in [6.45, 7) is 10.9. The molecule has 0 spiro atoms. The molecule has 0 saturated heterocycles. The van der Waals surface area contributed by atoms with Crippen LogP contribution in [-0.2, 0) is 0 Å². The van der Waals surface area contributed by atoms with Crippen molar-refractivity contribution in [1.82, 2.24) is 15.1 Å². The Morgan fingerprint density at radius 3 is 2.65 bits per heavy atom. The average molecular weight is 351 g/mol. The zero-order chi connectivity index (χ0) is 18.8. The predicted molar refractivity (Wildman–Crippen MR) is 109 cm³/mol. The van der Waals surface area contributed by atoms with Crippen LogP contribution in [0.2, 0.25) is 0 Å². The third-order valence-electron chi connectivity index (χ3n) is 4.76. The van der Waals surface area contributed by atoms with E-state index in [9.17, 15) is 0 Å². The minimum Gasteiger partial charge on any atom is -0.339 e. The van der Waals surface area contributed by atoms with E-state index < -0.39 is 0 Å². The van der Waals surface area contributed by atoms with Crippen molar-refractivity contribution in [1.29, 1.82) is 0 Å². The first-order chi connectivity index (χ1) is 12.4. The Kier molecular flexibility index (Phi) is 5.18. The van der Waals surface area contributed by atoms with Crippen LogP contribution in [0.1, 0.15) is 40.3 Å². The number of dihydropyridines is 1. The fraction of sp³-hybridized carbons (Fsp3) is 0.381. The van der Waals surface area contributed by atoms with Crippen LogP contribution >= 0.6 is 0 Å². The highest BCUT2D eigenvalue weighted by atomic mass is 15.6. The minimum atomic E-state index is -0.0317. The van der Waals surface area contributed by atoms with Crippen molar-refractivity contribution >= 4 is 11.8 Å². The maximum Gasteiger partial charge on any atom is 0.144 e. The number of nitrogens with two attached hydrogens (primary N) is 1. The topological polar surface area (TPSA) is 58.6 Å². The largest absolute Gasteiger partial charge is 0.339 e. The number of aromatic nitrogens is 1. The molecule has 5 nitrogen and oxygen atoms in total. The van der Waals surface area contributed by atoms with Crippen LogP contribution in [0.15, 0.2) is 64.6 Å². The van der Waals surface area contributed by atoms with Crippen LogP contribution in [0.25, 0.3) is 5.57 Å². The molecule has 0 fully saturated rings. The molecule has 0 aromatic carbocycles. The lowest BCUT2D eigenvalue weighted by molar-refractivity contribution is 0.349. The van der Waals surface area contributed by atoms with Gasteiger partial charge in [-0.15, -0.1) is 0 Å². The van der Waals surface area contributed by atoms with Crippen LogP contribution in [-0.4, -0.2) is 22.1 Å². The standard InChI is InChI=1S/C21H29N5/c1-6-8-19(20(15(4)5)18-9-7-12-25(18)22)26-13-17-16(14(2)3)10-11-23-21(17)24-26/h6-15,21,24H,22H2,1-5H3/b8-6-,20-19+. The summed E-state index contributed by atoms with van der Waals surface area (Å²) in [6.07, 6.45) is 12.2. The molecule has 0 saturated carbocycles. The van der Waals surface area contributed by atoms with Gasteiger partial charge in [-0.05, 0) is 48.6 Å². The van der Waals surface area contributed by atoms with Gasteiger partial charge in [0.15, 0.2) is 0 Å². The summed E-state index contributed by atoms with van der Waals surface area (Å²) < 4.78 is 1.69. The first-order valence-electron chi connectivity index (χ1n) is 9.24. The molecule has 3 N–H and O–H groups in total. The second-order valence-corrected chi connectivity index (χ2v) is 7.32. The summed E-state index contributed by atoms with van der Waals surface area (Å²) in [5.74, 6) is 6.93. The quantitative estimate of drug-likeness (QED) is 0.626. The summed E-state index contributed by atoms with van der Waals surface area (Å²) in [5.41, 5.74) is 9.38. The third kappa shape index (κ3) is 3.27. The molecule has 1 aromatic heterocycles. The van der Waals surface area contributed by atoms with Crippen LogP contribution in [0.3, 0.4) is 0 Å². The van der Waals surface area contributed by atoms with Gasteiger partial charge in [0.2, 0.25) is 0 Å². The monoisotopic (exact) mass is 351 g/mol. The van der Waals surface area contributed by atoms with Crippen LogP contribution in [0.4, 0.5) is 0 Å². The van der Waals surface area contributed by atoms with Crippen LogP contribution < -0.4 is 11.3 Å². The Morgan fingerprint density at radius 2 is 2.08 bits per heavy atom. The number of nitrogens with one attached hydrogen (secondary N) is 1. The van der Waals surface area contributed by atoms with Gasteiger partial charge in [-0.2, -0.15) is 0 Å². The van der Waals surface area contributed by atoms with E-state index in [0.29, 0.717) is 11.8 Å². The SMILES string of the molecule is C/C=C\C(=C(/c1cccn1N)C(C)C)N1C=C2C(C(C)C)=CC=NC2N1. The first-order valence-corrected chi connectivity index (χ1v) is 9.24. The molecular formula is C21H29N5. The van der Waals surface area contributed by atoms with E-state index in [2.05, 4.69) is 73.6 Å². The molecule has 26 heavy (non-hydrogen) atoms. The lowest BCUT2D eigenvalue weighted by Crippen LogP contribution is -2.36. The van der Waals surface area contributed by atoms with Gasteiger partial charge in [-0.25, -0.2) is 5.43 Å². The van der Waals surface area contributed by atoms with Gasteiger partial charge in [0.05, 0.1) is 11.4 Å². The highest BCUT2D eigenvalue weighted by Crippen LogP contribution is 2.34. The van der Waals surface area contributed by atoms with Crippen LogP contribution in [0.5, 0.6) is 0 Å². The van der Waals surface area contributed by atoms with E-state index in [0.717, 1.165) is 11.4 Å². The number of hydrazine groups is 1. The lowest BCUT2D eigenvalue weighted by Gasteiger charge is -2.25. The van der Waals surface area contributed by atoms with E-state index >= 15 is 0 Å². The zero-order valence-corrected chi connectivity index (χ0v) is 16.3. The van der Waals surface area contributed by atoms with E-state index in [-0.39, 0.29) is 6.17 Å². The van der Waals surface area contributed by atoms with Crippen molar-refractivity contribution in [2.45, 2.75) is 40.8 Å². The molecule has 0 bridgehead atoms. The molecule has 1 atom stereocenters. The van der Waals surface area contributed by atoms with Crippen LogP contribution in [0, 0.1) is 11.8 Å². The third-order valence-corrected chi connectivity index (χ3v) is 4.76. The van der Waals surface area contributed by atoms with E-state index in [1.807, 2.05) is 25.4 Å². The molecule has 138 valence electrons. The van der Waals surface area contributed by atoms with Gasteiger partial charge in [0.1, 0.15) is 6.17 Å². The molecule has 0 amide bonds. The van der Waals surface area contributed by atoms with Crippen molar-refractivity contribution in [2.75, 3.05) is 5.84 Å². The van der Waals surface area contributed by atoms with Crippen molar-refractivity contribution in [3.05, 3.63) is 65.3 Å². The maximum atomic E-state index is 6.16. The first kappa shape index (κ1) is 18.3. The molecule has 3 heterocycles. The number of aliphatic imine (C=N–C) groups is 1. The Labute approximate surface area is 156 Å². The number of nitrogens with zero attached hydrogens (tertiary/aromatic N) is 3. The number of fused-ring (bicyclic) bond motifs is 1. The number of rotatable bonds is 5. The smallest absolute Gasteiger partial charge is 0.144 e. The van der Waals surface area contributed by atoms with E-state index in [4.69, 9.17) is 5.84 Å². The summed E-state index contributed by atoms with van der Waals surface area (Å²) in [4.78, 5) is 4.60. The van der Waals surface area contributed by atoms with Crippen molar-refractivity contribution < 1.29 is 0 Å². The van der Waals surface area contributed by atoms with E-state index in [1.54, 1.807) is 4.68 Å². The zero-order valence-electron chi connectivity index (χ0n) is 16.3. The molecule has 1 aromatic rings. The molecule has 1 unspecified atom stereocenters. The second-order valence-electron chi connectivity index (χ2n) is 7.32. The van der Waals surface area contributed by atoms with Crippen molar-refractivity contribution in [2.24, 2.45) is 16.8 Å². The van der Waals surface area contributed by atoms with Gasteiger partial charge < -0.3 is 5.84 Å². The minimum absolute atomic E-state index is 0.0317. The summed E-state index contributed by atoms with van der Waals surface area (Å²) in [7, 11) is 0. The van der Waals surface area contributed by atoms with Gasteiger partial charge in [-0.1, -0.05) is 33.8 Å². The number of allylic oxidation sites excluding steroid dienone is 4. The number of nitrogen functional groups attached to an aromatic ring is 1. The Balaban J connectivity index is 2.11. The fourth-order valence-electron chi connectivity index (χ4n) is 3.57. The highest BCUT2D eigenvalue weighted by molar-refractivity contribution is 5.77. The Hall–Kier alpha value is -2.53. The molecule has 2 aliphatic rings. The summed E-state index contributed by atoms with van der Waals surface area (Å²) in [6, 6.07) is 4.04. The van der Waals surface area contributed by atoms with Crippen molar-refractivity contribution in [3.63, 3.8) is 0 Å². The van der Waals surface area contributed by atoms with Gasteiger partial charge in [-0.3, -0.25) is 14.7 Å². The Morgan fingerprint density at radius 1 is 1.31 bits per heavy atom. The predicted octanol–water partition coefficient (Wildman–Crippen LogP) is 3.84. The summed E-state index contributed by atoms with van der Waals surface area (Å²) in [5, 5.41) is 2.10. The second kappa shape index (κ2) is 7.38. The van der Waals surface area contributed by atoms with E-state index in [1.165, 1.54) is 16.7 Å². The van der Waals surface area contributed by atoms with Gasteiger partial charge in [0, 0.05) is 29.8 Å². The average Bonchev–Trinajstić information content (AvgIpc) is 3.20. The number of hydrogen-bond donors (Lipinski definition) is 2.